The number of halogens is 1. The molecule has 0 radical (unpaired) electrons. The lowest BCUT2D eigenvalue weighted by Crippen LogP contribution is -2.58. The highest BCUT2D eigenvalue weighted by Crippen LogP contribution is 2.15. The molecule has 1 aliphatic rings. The number of carbonyl (C=O) groups is 2. The molecule has 7 heteroatoms. The fourth-order valence-corrected chi connectivity index (χ4v) is 3.16. The Labute approximate surface area is 154 Å². The molecule has 1 aromatic rings. The van der Waals surface area contributed by atoms with Crippen LogP contribution in [0.5, 0.6) is 0 Å². The third-order valence-electron chi connectivity index (χ3n) is 4.41. The average Bonchev–Trinajstić information content (AvgIpc) is 2.57. The van der Waals surface area contributed by atoms with Gasteiger partial charge in [0.2, 0.25) is 11.8 Å². The highest BCUT2D eigenvalue weighted by atomic mass is 35.5. The van der Waals surface area contributed by atoms with E-state index in [-0.39, 0.29) is 11.8 Å². The Morgan fingerprint density at radius 2 is 1.80 bits per heavy atom. The summed E-state index contributed by atoms with van der Waals surface area (Å²) in [5.74, 6) is -0.0728. The number of hydrogen-bond acceptors (Lipinski definition) is 4. The van der Waals surface area contributed by atoms with Gasteiger partial charge in [-0.05, 0) is 37.6 Å². The largest absolute Gasteiger partial charge is 0.339 e. The van der Waals surface area contributed by atoms with Crippen molar-refractivity contribution in [2.24, 2.45) is 5.73 Å². The Morgan fingerprint density at radius 1 is 1.20 bits per heavy atom. The fourth-order valence-electron chi connectivity index (χ4n) is 3.03. The lowest BCUT2D eigenvalue weighted by Gasteiger charge is -2.38. The third kappa shape index (κ3) is 5.70. The van der Waals surface area contributed by atoms with E-state index in [1.807, 2.05) is 16.7 Å². The summed E-state index contributed by atoms with van der Waals surface area (Å²) in [4.78, 5) is 28.5. The van der Waals surface area contributed by atoms with Crippen molar-refractivity contribution < 1.29 is 9.59 Å². The molecule has 1 aliphatic heterocycles. The molecular weight excluding hydrogens is 340 g/mol. The first-order valence-electron chi connectivity index (χ1n) is 8.68. The molecule has 6 nitrogen and oxygen atoms in total. The van der Waals surface area contributed by atoms with Gasteiger partial charge < -0.3 is 16.0 Å². The van der Waals surface area contributed by atoms with Crippen molar-refractivity contribution in [3.05, 3.63) is 29.3 Å². The monoisotopic (exact) mass is 366 g/mol. The summed E-state index contributed by atoms with van der Waals surface area (Å²) in [5, 5.41) is 3.48. The van der Waals surface area contributed by atoms with Gasteiger partial charge in [-0.3, -0.25) is 14.5 Å². The summed E-state index contributed by atoms with van der Waals surface area (Å²) < 4.78 is 0. The van der Waals surface area contributed by atoms with Crippen molar-refractivity contribution in [2.45, 2.75) is 32.2 Å². The Balaban J connectivity index is 1.79. The molecule has 1 saturated heterocycles. The number of benzene rings is 1. The number of anilines is 1. The molecule has 0 aliphatic carbocycles. The number of hydrogen-bond donors (Lipinski definition) is 2. The predicted molar refractivity (Wildman–Crippen MR) is 101 cm³/mol. The van der Waals surface area contributed by atoms with Crippen LogP contribution in [0.4, 0.5) is 5.69 Å². The van der Waals surface area contributed by atoms with Gasteiger partial charge in [-0.2, -0.15) is 0 Å². The summed E-state index contributed by atoms with van der Waals surface area (Å²) in [6.07, 6.45) is 1.55. The summed E-state index contributed by atoms with van der Waals surface area (Å²) in [5.41, 5.74) is 6.06. The molecule has 1 unspecified atom stereocenters. The van der Waals surface area contributed by atoms with Crippen LogP contribution >= 0.6 is 11.6 Å². The van der Waals surface area contributed by atoms with Crippen LogP contribution in [-0.2, 0) is 9.59 Å². The van der Waals surface area contributed by atoms with Crippen molar-refractivity contribution >= 4 is 29.1 Å². The first-order chi connectivity index (χ1) is 11.8. The van der Waals surface area contributed by atoms with E-state index < -0.39 is 5.54 Å². The van der Waals surface area contributed by atoms with Crippen LogP contribution < -0.4 is 11.1 Å². The molecule has 3 N–H and O–H groups in total. The lowest BCUT2D eigenvalue weighted by atomic mass is 9.95. The van der Waals surface area contributed by atoms with Crippen molar-refractivity contribution in [2.75, 3.05) is 38.0 Å². The Bertz CT molecular complexity index is 596. The smallest absolute Gasteiger partial charge is 0.242 e. The molecule has 1 aromatic carbocycles. The molecular formula is C18H27ClN4O2. The molecule has 1 atom stereocenters. The molecule has 0 spiro atoms. The minimum absolute atomic E-state index is 0.000356. The third-order valence-corrected chi connectivity index (χ3v) is 4.66. The number of rotatable bonds is 6. The second-order valence-corrected chi connectivity index (χ2v) is 7.23. The van der Waals surface area contributed by atoms with Crippen LogP contribution in [0.15, 0.2) is 24.3 Å². The number of carbonyl (C=O) groups excluding carboxylic acids is 2. The summed E-state index contributed by atoms with van der Waals surface area (Å²) >= 11 is 5.83. The number of nitrogens with zero attached hydrogens (tertiary/aromatic N) is 2. The van der Waals surface area contributed by atoms with E-state index in [0.29, 0.717) is 44.2 Å². The maximum atomic E-state index is 12.5. The highest BCUT2D eigenvalue weighted by Gasteiger charge is 2.33. The lowest BCUT2D eigenvalue weighted by molar-refractivity contribution is -0.138. The van der Waals surface area contributed by atoms with Gasteiger partial charge in [-0.15, -0.1) is 0 Å². The molecule has 1 heterocycles. The maximum absolute atomic E-state index is 12.5. The van der Waals surface area contributed by atoms with Gasteiger partial charge in [0.25, 0.3) is 0 Å². The molecule has 2 rings (SSSR count). The fraction of sp³-hybridized carbons (Fsp3) is 0.556. The van der Waals surface area contributed by atoms with Gasteiger partial charge in [0.05, 0.1) is 12.1 Å². The topological polar surface area (TPSA) is 78.7 Å². The first kappa shape index (κ1) is 19.7. The van der Waals surface area contributed by atoms with E-state index in [1.54, 1.807) is 31.2 Å². The van der Waals surface area contributed by atoms with Crippen LogP contribution in [-0.4, -0.2) is 59.9 Å². The van der Waals surface area contributed by atoms with Crippen molar-refractivity contribution in [1.82, 2.24) is 9.80 Å². The maximum Gasteiger partial charge on any atom is 0.242 e. The second kappa shape index (κ2) is 8.65. The van der Waals surface area contributed by atoms with Gasteiger partial charge in [0, 0.05) is 36.9 Å². The zero-order chi connectivity index (χ0) is 18.4. The SMILES string of the molecule is CCCC(C)(N)C(=O)N1CCN(CC(=O)Nc2ccc(Cl)cc2)CC1. The van der Waals surface area contributed by atoms with E-state index in [9.17, 15) is 9.59 Å². The zero-order valence-corrected chi connectivity index (χ0v) is 15.7. The van der Waals surface area contributed by atoms with E-state index in [4.69, 9.17) is 17.3 Å². The van der Waals surface area contributed by atoms with E-state index in [0.717, 1.165) is 12.1 Å². The standard InChI is InChI=1S/C18H27ClN4O2/c1-3-8-18(2,20)17(25)23-11-9-22(10-12-23)13-16(24)21-15-6-4-14(19)5-7-15/h4-7H,3,8-13,20H2,1-2H3,(H,21,24). The molecule has 1 fully saturated rings. The summed E-state index contributed by atoms with van der Waals surface area (Å²) in [6, 6.07) is 7.02. The van der Waals surface area contributed by atoms with Gasteiger partial charge in [0.15, 0.2) is 0 Å². The molecule has 25 heavy (non-hydrogen) atoms. The van der Waals surface area contributed by atoms with Gasteiger partial charge in [0.1, 0.15) is 0 Å². The highest BCUT2D eigenvalue weighted by molar-refractivity contribution is 6.30. The minimum atomic E-state index is -0.803. The number of piperazine rings is 1. The van der Waals surface area contributed by atoms with E-state index in [2.05, 4.69) is 5.32 Å². The number of amides is 2. The Kier molecular flexibility index (Phi) is 6.81. The quantitative estimate of drug-likeness (QED) is 0.806. The second-order valence-electron chi connectivity index (χ2n) is 6.79. The van der Waals surface area contributed by atoms with Crippen LogP contribution in [0.1, 0.15) is 26.7 Å². The normalized spacial score (nSPS) is 17.8. The Morgan fingerprint density at radius 3 is 2.36 bits per heavy atom. The predicted octanol–water partition coefficient (Wildman–Crippen LogP) is 1.94. The van der Waals surface area contributed by atoms with Crippen molar-refractivity contribution in [3.8, 4) is 0 Å². The first-order valence-corrected chi connectivity index (χ1v) is 9.05. The van der Waals surface area contributed by atoms with Crippen LogP contribution in [0.3, 0.4) is 0 Å². The van der Waals surface area contributed by atoms with Gasteiger partial charge in [-0.1, -0.05) is 24.9 Å². The molecule has 0 saturated carbocycles. The molecule has 138 valence electrons. The molecule has 0 aromatic heterocycles. The minimum Gasteiger partial charge on any atom is -0.339 e. The van der Waals surface area contributed by atoms with Crippen LogP contribution in [0.25, 0.3) is 0 Å². The number of nitrogens with two attached hydrogens (primary N) is 1. The number of nitrogens with one attached hydrogen (secondary N) is 1. The summed E-state index contributed by atoms with van der Waals surface area (Å²) in [7, 11) is 0. The summed E-state index contributed by atoms with van der Waals surface area (Å²) in [6.45, 7) is 6.66. The van der Waals surface area contributed by atoms with Crippen LogP contribution in [0, 0.1) is 0 Å². The van der Waals surface area contributed by atoms with Crippen molar-refractivity contribution in [3.63, 3.8) is 0 Å². The zero-order valence-electron chi connectivity index (χ0n) is 14.9. The Hall–Kier alpha value is -1.63. The van der Waals surface area contributed by atoms with E-state index >= 15 is 0 Å². The van der Waals surface area contributed by atoms with Crippen molar-refractivity contribution in [1.29, 1.82) is 0 Å². The van der Waals surface area contributed by atoms with Gasteiger partial charge >= 0.3 is 0 Å². The van der Waals surface area contributed by atoms with Crippen LogP contribution in [0.2, 0.25) is 5.02 Å². The average molecular weight is 367 g/mol. The molecule has 2 amide bonds. The van der Waals surface area contributed by atoms with Gasteiger partial charge in [-0.25, -0.2) is 0 Å². The van der Waals surface area contributed by atoms with E-state index in [1.165, 1.54) is 0 Å². The molecule has 0 bridgehead atoms.